The molecule has 23 heavy (non-hydrogen) atoms. The Bertz CT molecular complexity index is 577. The van der Waals surface area contributed by atoms with Gasteiger partial charge in [-0.05, 0) is 43.7 Å². The Morgan fingerprint density at radius 2 is 2.22 bits per heavy atom. The summed E-state index contributed by atoms with van der Waals surface area (Å²) in [6.07, 6.45) is 3.54. The Hall–Kier alpha value is -1.53. The molecule has 0 saturated carbocycles. The van der Waals surface area contributed by atoms with Gasteiger partial charge in [0.25, 0.3) is 5.91 Å². The fraction of sp³-hybridized carbons (Fsp3) is 0.529. The first-order valence-corrected chi connectivity index (χ1v) is 9.27. The van der Waals surface area contributed by atoms with E-state index in [-0.39, 0.29) is 11.8 Å². The molecular weight excluding hydrogens is 312 g/mol. The van der Waals surface area contributed by atoms with E-state index in [0.717, 1.165) is 24.2 Å². The van der Waals surface area contributed by atoms with E-state index in [1.54, 1.807) is 28.8 Å². The second-order valence-corrected chi connectivity index (χ2v) is 6.85. The number of hydrogen-bond donors (Lipinski definition) is 2. The molecule has 0 radical (unpaired) electrons. The quantitative estimate of drug-likeness (QED) is 0.865. The molecule has 5 nitrogen and oxygen atoms in total. The normalized spacial score (nSPS) is 17.9. The summed E-state index contributed by atoms with van der Waals surface area (Å²) >= 11 is 1.63. The maximum absolute atomic E-state index is 12.6. The van der Waals surface area contributed by atoms with Crippen LogP contribution >= 0.6 is 11.8 Å². The number of anilines is 1. The van der Waals surface area contributed by atoms with Gasteiger partial charge in [-0.3, -0.25) is 9.59 Å². The first-order chi connectivity index (χ1) is 11.0. The van der Waals surface area contributed by atoms with Crippen LogP contribution in [0.3, 0.4) is 0 Å². The van der Waals surface area contributed by atoms with Gasteiger partial charge in [0.1, 0.15) is 0 Å². The number of aliphatic hydroxyl groups is 1. The third-order valence-corrected chi connectivity index (χ3v) is 4.59. The predicted octanol–water partition coefficient (Wildman–Crippen LogP) is 2.28. The van der Waals surface area contributed by atoms with Gasteiger partial charge in [0.05, 0.1) is 6.10 Å². The number of aliphatic hydroxyl groups excluding tert-OH is 1. The van der Waals surface area contributed by atoms with Crippen LogP contribution < -0.4 is 5.32 Å². The van der Waals surface area contributed by atoms with Gasteiger partial charge in [-0.2, -0.15) is 11.8 Å². The monoisotopic (exact) mass is 336 g/mol. The van der Waals surface area contributed by atoms with Crippen LogP contribution in [0.4, 0.5) is 5.69 Å². The molecule has 0 aromatic heterocycles. The minimum atomic E-state index is -0.441. The molecule has 1 unspecified atom stereocenters. The van der Waals surface area contributed by atoms with Crippen LogP contribution in [0.2, 0.25) is 0 Å². The highest BCUT2D eigenvalue weighted by Gasteiger charge is 2.23. The molecule has 1 fully saturated rings. The fourth-order valence-corrected chi connectivity index (χ4v) is 3.01. The lowest BCUT2D eigenvalue weighted by atomic mass is 10.0. The van der Waals surface area contributed by atoms with Crippen LogP contribution in [0.5, 0.6) is 0 Å². The summed E-state index contributed by atoms with van der Waals surface area (Å²) in [5, 5.41) is 12.6. The summed E-state index contributed by atoms with van der Waals surface area (Å²) in [4.78, 5) is 26.1. The Morgan fingerprint density at radius 3 is 2.91 bits per heavy atom. The molecule has 1 heterocycles. The van der Waals surface area contributed by atoms with E-state index in [0.29, 0.717) is 30.8 Å². The summed E-state index contributed by atoms with van der Waals surface area (Å²) in [6, 6.07) is 5.35. The van der Waals surface area contributed by atoms with Crippen molar-refractivity contribution < 1.29 is 14.7 Å². The summed E-state index contributed by atoms with van der Waals surface area (Å²) in [5.41, 5.74) is 2.15. The van der Waals surface area contributed by atoms with E-state index in [2.05, 4.69) is 5.32 Å². The Kier molecular flexibility index (Phi) is 6.47. The van der Waals surface area contributed by atoms with Gasteiger partial charge in [-0.1, -0.05) is 6.07 Å². The van der Waals surface area contributed by atoms with Crippen LogP contribution in [0.15, 0.2) is 18.2 Å². The number of β-amino-alcohol motifs (C(OH)–C–C–N with tert-alkyl or cyclic N) is 1. The number of hydrogen-bond acceptors (Lipinski definition) is 4. The van der Waals surface area contributed by atoms with Crippen LogP contribution in [0, 0.1) is 6.92 Å². The number of nitrogens with zero attached hydrogens (tertiary/aromatic N) is 1. The van der Waals surface area contributed by atoms with Crippen LogP contribution in [0.25, 0.3) is 0 Å². The Labute approximate surface area is 141 Å². The van der Waals surface area contributed by atoms with Crippen molar-refractivity contribution in [3.8, 4) is 0 Å². The van der Waals surface area contributed by atoms with Crippen molar-refractivity contribution in [2.45, 2.75) is 32.3 Å². The number of likely N-dealkylation sites (tertiary alicyclic amines) is 1. The van der Waals surface area contributed by atoms with Gasteiger partial charge in [0.15, 0.2) is 0 Å². The Balaban J connectivity index is 2.09. The van der Waals surface area contributed by atoms with Crippen molar-refractivity contribution in [2.75, 3.05) is 30.4 Å². The summed E-state index contributed by atoms with van der Waals surface area (Å²) < 4.78 is 0. The maximum Gasteiger partial charge on any atom is 0.254 e. The molecule has 1 aromatic carbocycles. The molecule has 0 aliphatic carbocycles. The van der Waals surface area contributed by atoms with E-state index >= 15 is 0 Å². The summed E-state index contributed by atoms with van der Waals surface area (Å²) in [7, 11) is 0. The highest BCUT2D eigenvalue weighted by Crippen LogP contribution is 2.20. The average Bonchev–Trinajstić information content (AvgIpc) is 2.54. The maximum atomic E-state index is 12.6. The average molecular weight is 336 g/mol. The third-order valence-electron chi connectivity index (χ3n) is 3.98. The largest absolute Gasteiger partial charge is 0.391 e. The topological polar surface area (TPSA) is 69.6 Å². The number of thioether (sulfide) groups is 1. The van der Waals surface area contributed by atoms with E-state index < -0.39 is 6.10 Å². The molecule has 0 bridgehead atoms. The zero-order valence-electron chi connectivity index (χ0n) is 13.7. The molecule has 2 amide bonds. The van der Waals surface area contributed by atoms with Crippen molar-refractivity contribution in [3.05, 3.63) is 29.3 Å². The molecule has 6 heteroatoms. The smallest absolute Gasteiger partial charge is 0.254 e. The molecule has 1 aliphatic heterocycles. The third kappa shape index (κ3) is 4.97. The first-order valence-electron chi connectivity index (χ1n) is 7.88. The minimum Gasteiger partial charge on any atom is -0.391 e. The number of carbonyl (C=O) groups is 2. The molecule has 1 atom stereocenters. The second-order valence-electron chi connectivity index (χ2n) is 5.87. The van der Waals surface area contributed by atoms with Gasteiger partial charge in [-0.15, -0.1) is 0 Å². The lowest BCUT2D eigenvalue weighted by molar-refractivity contribution is -0.115. The number of piperidine rings is 1. The fourth-order valence-electron chi connectivity index (χ4n) is 2.62. The van der Waals surface area contributed by atoms with Gasteiger partial charge in [0.2, 0.25) is 5.91 Å². The number of aryl methyl sites for hydroxylation is 1. The predicted molar refractivity (Wildman–Crippen MR) is 94.0 cm³/mol. The minimum absolute atomic E-state index is 0.0413. The van der Waals surface area contributed by atoms with Crippen molar-refractivity contribution >= 4 is 29.3 Å². The van der Waals surface area contributed by atoms with Crippen molar-refractivity contribution in [1.82, 2.24) is 4.90 Å². The van der Waals surface area contributed by atoms with E-state index in [9.17, 15) is 14.7 Å². The van der Waals surface area contributed by atoms with E-state index in [1.165, 1.54) is 0 Å². The molecule has 2 rings (SSSR count). The van der Waals surface area contributed by atoms with Crippen LogP contribution in [-0.2, 0) is 4.79 Å². The Morgan fingerprint density at radius 1 is 1.43 bits per heavy atom. The molecular formula is C17H24N2O3S. The summed E-state index contributed by atoms with van der Waals surface area (Å²) in [6.45, 7) is 2.95. The van der Waals surface area contributed by atoms with Crippen LogP contribution in [0.1, 0.15) is 35.2 Å². The molecule has 1 saturated heterocycles. The van der Waals surface area contributed by atoms with Gasteiger partial charge < -0.3 is 15.3 Å². The second kappa shape index (κ2) is 8.36. The molecule has 0 spiro atoms. The van der Waals surface area contributed by atoms with Gasteiger partial charge >= 0.3 is 0 Å². The highest BCUT2D eigenvalue weighted by atomic mass is 32.2. The van der Waals surface area contributed by atoms with Gasteiger partial charge in [-0.25, -0.2) is 0 Å². The summed E-state index contributed by atoms with van der Waals surface area (Å²) in [5.74, 6) is 0.638. The van der Waals surface area contributed by atoms with Crippen LogP contribution in [-0.4, -0.2) is 53.0 Å². The first kappa shape index (κ1) is 17.8. The number of benzene rings is 1. The zero-order valence-corrected chi connectivity index (χ0v) is 14.5. The number of rotatable bonds is 5. The SMILES string of the molecule is CSCCC(=O)Nc1cc(C(=O)N2CCCC(O)C2)ccc1C. The van der Waals surface area contributed by atoms with Crippen molar-refractivity contribution in [3.63, 3.8) is 0 Å². The van der Waals surface area contributed by atoms with E-state index in [1.807, 2.05) is 19.2 Å². The lowest BCUT2D eigenvalue weighted by Gasteiger charge is -2.30. The van der Waals surface area contributed by atoms with Crippen molar-refractivity contribution in [2.24, 2.45) is 0 Å². The zero-order chi connectivity index (χ0) is 16.8. The number of nitrogens with one attached hydrogen (secondary N) is 1. The lowest BCUT2D eigenvalue weighted by Crippen LogP contribution is -2.42. The molecule has 1 aromatic rings. The molecule has 2 N–H and O–H groups in total. The number of amides is 2. The van der Waals surface area contributed by atoms with E-state index in [4.69, 9.17) is 0 Å². The number of carbonyl (C=O) groups excluding carboxylic acids is 2. The van der Waals surface area contributed by atoms with Gasteiger partial charge in [0, 0.05) is 36.5 Å². The molecule has 126 valence electrons. The molecule has 1 aliphatic rings. The standard InChI is InChI=1S/C17H24N2O3S/c1-12-5-6-13(10-15(12)18-16(21)7-9-23-2)17(22)19-8-3-4-14(20)11-19/h5-6,10,14,20H,3-4,7-9,11H2,1-2H3,(H,18,21). The van der Waals surface area contributed by atoms with Crippen molar-refractivity contribution in [1.29, 1.82) is 0 Å². The highest BCUT2D eigenvalue weighted by molar-refractivity contribution is 7.98.